The maximum atomic E-state index is 12.7. The highest BCUT2D eigenvalue weighted by Gasteiger charge is 2.27. The van der Waals surface area contributed by atoms with E-state index in [1.165, 1.54) is 96.3 Å². The zero-order valence-electron chi connectivity index (χ0n) is 39.9. The second-order valence-electron chi connectivity index (χ2n) is 16.6. The standard InChI is InChI=1S/C52H92NO9P/c1-3-5-7-9-11-13-15-17-19-21-23-24-25-26-27-28-30-32-34-36-38-40-42-44-51(54)62-49(47-60-63(57,58)61-48-50(53)52(55)56)46-59-45-43-41-39-37-35-33-31-29-22-20-18-16-14-12-10-8-6-4-2/h5,7,11-14,17-20,23-24,49-50H,3-4,6,8-10,15-16,21-22,25-48,53H2,1-2H3,(H,55,56)(H,57,58)/b7-5-,13-11-,14-12-,19-17-,20-18-,24-23-. The molecule has 0 saturated carbocycles. The molecule has 0 amide bonds. The Kier molecular flexibility index (Phi) is 45.4. The van der Waals surface area contributed by atoms with Crippen LogP contribution in [-0.2, 0) is 32.7 Å². The van der Waals surface area contributed by atoms with Crippen molar-refractivity contribution in [3.05, 3.63) is 72.9 Å². The fourth-order valence-electron chi connectivity index (χ4n) is 6.63. The molecule has 0 saturated heterocycles. The van der Waals surface area contributed by atoms with Gasteiger partial charge in [0.15, 0.2) is 0 Å². The third kappa shape index (κ3) is 47.2. The van der Waals surface area contributed by atoms with Crippen molar-refractivity contribution in [2.24, 2.45) is 5.73 Å². The molecule has 3 unspecified atom stereocenters. The van der Waals surface area contributed by atoms with Gasteiger partial charge in [-0.25, -0.2) is 4.57 Å². The van der Waals surface area contributed by atoms with Gasteiger partial charge in [-0.15, -0.1) is 0 Å². The molecule has 0 bridgehead atoms. The average Bonchev–Trinajstić information content (AvgIpc) is 3.26. The van der Waals surface area contributed by atoms with Crippen LogP contribution in [0.3, 0.4) is 0 Å². The lowest BCUT2D eigenvalue weighted by molar-refractivity contribution is -0.154. The first-order valence-electron chi connectivity index (χ1n) is 25.0. The van der Waals surface area contributed by atoms with Crippen LogP contribution in [0.15, 0.2) is 72.9 Å². The molecule has 0 rings (SSSR count). The van der Waals surface area contributed by atoms with Crippen molar-refractivity contribution >= 4 is 19.8 Å². The third-order valence-electron chi connectivity index (χ3n) is 10.5. The summed E-state index contributed by atoms with van der Waals surface area (Å²) in [5.41, 5.74) is 5.37. The van der Waals surface area contributed by atoms with Crippen molar-refractivity contribution in [2.45, 2.75) is 219 Å². The lowest BCUT2D eigenvalue weighted by atomic mass is 10.0. The van der Waals surface area contributed by atoms with E-state index in [2.05, 4.69) is 86.8 Å². The van der Waals surface area contributed by atoms with Gasteiger partial charge in [-0.3, -0.25) is 18.6 Å². The Morgan fingerprint density at radius 3 is 1.38 bits per heavy atom. The summed E-state index contributed by atoms with van der Waals surface area (Å²) in [4.78, 5) is 33.7. The predicted octanol–water partition coefficient (Wildman–Crippen LogP) is 14.5. The number of nitrogens with two attached hydrogens (primary N) is 1. The molecule has 0 aliphatic heterocycles. The number of phosphoric acid groups is 1. The highest BCUT2D eigenvalue weighted by molar-refractivity contribution is 7.47. The van der Waals surface area contributed by atoms with Gasteiger partial charge in [-0.2, -0.15) is 0 Å². The highest BCUT2D eigenvalue weighted by Crippen LogP contribution is 2.43. The maximum absolute atomic E-state index is 12.7. The molecular formula is C52H92NO9P. The largest absolute Gasteiger partial charge is 0.480 e. The number of hydrogen-bond donors (Lipinski definition) is 3. The molecule has 11 heteroatoms. The molecule has 364 valence electrons. The Hall–Kier alpha value is -2.59. The van der Waals surface area contributed by atoms with Gasteiger partial charge in [0.2, 0.25) is 0 Å². The number of hydrogen-bond acceptors (Lipinski definition) is 8. The lowest BCUT2D eigenvalue weighted by Crippen LogP contribution is -2.34. The van der Waals surface area contributed by atoms with Gasteiger partial charge in [0, 0.05) is 13.0 Å². The quantitative estimate of drug-likeness (QED) is 0.0233. The summed E-state index contributed by atoms with van der Waals surface area (Å²) >= 11 is 0. The van der Waals surface area contributed by atoms with E-state index in [4.69, 9.17) is 29.4 Å². The number of phosphoric ester groups is 1. The summed E-state index contributed by atoms with van der Waals surface area (Å²) in [6, 6.07) is -1.48. The number of carboxylic acid groups (broad SMARTS) is 1. The Balaban J connectivity index is 4.17. The lowest BCUT2D eigenvalue weighted by Gasteiger charge is -2.20. The summed E-state index contributed by atoms with van der Waals surface area (Å²) in [6.45, 7) is 3.74. The molecule has 0 spiro atoms. The van der Waals surface area contributed by atoms with Gasteiger partial charge >= 0.3 is 19.8 Å². The van der Waals surface area contributed by atoms with Crippen molar-refractivity contribution in [1.29, 1.82) is 0 Å². The first-order valence-corrected chi connectivity index (χ1v) is 26.5. The van der Waals surface area contributed by atoms with E-state index in [0.29, 0.717) is 13.0 Å². The van der Waals surface area contributed by atoms with Crippen LogP contribution < -0.4 is 5.73 Å². The van der Waals surface area contributed by atoms with Crippen LogP contribution in [0.4, 0.5) is 0 Å². The number of esters is 1. The second kappa shape index (κ2) is 47.4. The van der Waals surface area contributed by atoms with Crippen molar-refractivity contribution in [2.75, 3.05) is 26.4 Å². The Morgan fingerprint density at radius 1 is 0.524 bits per heavy atom. The molecule has 0 heterocycles. The minimum absolute atomic E-state index is 0.00844. The van der Waals surface area contributed by atoms with Gasteiger partial charge in [0.05, 0.1) is 19.8 Å². The summed E-state index contributed by atoms with van der Waals surface area (Å²) in [5, 5.41) is 8.93. The predicted molar refractivity (Wildman–Crippen MR) is 263 cm³/mol. The van der Waals surface area contributed by atoms with Crippen molar-refractivity contribution < 1.29 is 42.7 Å². The van der Waals surface area contributed by atoms with Gasteiger partial charge in [-0.05, 0) is 83.5 Å². The molecule has 0 aliphatic carbocycles. The van der Waals surface area contributed by atoms with Crippen molar-refractivity contribution in [3.8, 4) is 0 Å². The minimum Gasteiger partial charge on any atom is -0.480 e. The molecular weight excluding hydrogens is 814 g/mol. The van der Waals surface area contributed by atoms with Gasteiger partial charge in [0.1, 0.15) is 12.1 Å². The van der Waals surface area contributed by atoms with E-state index in [9.17, 15) is 19.0 Å². The van der Waals surface area contributed by atoms with Crippen molar-refractivity contribution in [1.82, 2.24) is 0 Å². The Labute approximate surface area is 384 Å². The smallest absolute Gasteiger partial charge is 0.472 e. The highest BCUT2D eigenvalue weighted by atomic mass is 31.2. The molecule has 0 aromatic heterocycles. The van der Waals surface area contributed by atoms with E-state index in [-0.39, 0.29) is 13.0 Å². The third-order valence-corrected chi connectivity index (χ3v) is 11.4. The number of aliphatic carboxylic acids is 1. The molecule has 3 atom stereocenters. The van der Waals surface area contributed by atoms with Crippen LogP contribution in [0, 0.1) is 0 Å². The summed E-state index contributed by atoms with van der Waals surface area (Å²) < 4.78 is 33.5. The number of ether oxygens (including phenoxy) is 2. The van der Waals surface area contributed by atoms with Crippen molar-refractivity contribution in [3.63, 3.8) is 0 Å². The van der Waals surface area contributed by atoms with E-state index in [1.54, 1.807) is 0 Å². The SMILES string of the molecule is CC/C=C\C/C=C\C/C=C\C/C=C\CCCCCCCCCCCCC(=O)OC(COCCCCCCCCCC/C=C\C/C=C\CCCCC)COP(=O)(O)OCC(N)C(=O)O. The fraction of sp³-hybridized carbons (Fsp3) is 0.731. The zero-order chi connectivity index (χ0) is 46.2. The number of carbonyl (C=O) groups is 2. The van der Waals surface area contributed by atoms with Crippen LogP contribution in [0.25, 0.3) is 0 Å². The molecule has 4 N–H and O–H groups in total. The number of unbranched alkanes of at least 4 members (excludes halogenated alkanes) is 21. The molecule has 63 heavy (non-hydrogen) atoms. The van der Waals surface area contributed by atoms with E-state index >= 15 is 0 Å². The van der Waals surface area contributed by atoms with Crippen LogP contribution in [0.1, 0.15) is 206 Å². The topological polar surface area (TPSA) is 155 Å². The average molecular weight is 906 g/mol. The Bertz CT molecular complexity index is 1280. The van der Waals surface area contributed by atoms with Crippen LogP contribution in [-0.4, -0.2) is 60.5 Å². The van der Waals surface area contributed by atoms with Crippen LogP contribution in [0.2, 0.25) is 0 Å². The zero-order valence-corrected chi connectivity index (χ0v) is 40.8. The summed E-state index contributed by atoms with van der Waals surface area (Å²) in [6.07, 6.45) is 59.5. The molecule has 0 fully saturated rings. The van der Waals surface area contributed by atoms with E-state index in [0.717, 1.165) is 83.5 Å². The molecule has 0 radical (unpaired) electrons. The minimum atomic E-state index is -4.63. The number of carbonyl (C=O) groups excluding carboxylic acids is 1. The first kappa shape index (κ1) is 60.4. The number of allylic oxidation sites excluding steroid dienone is 12. The van der Waals surface area contributed by atoms with Crippen LogP contribution in [0.5, 0.6) is 0 Å². The monoisotopic (exact) mass is 906 g/mol. The fourth-order valence-corrected chi connectivity index (χ4v) is 7.40. The first-order chi connectivity index (χ1) is 30.7. The maximum Gasteiger partial charge on any atom is 0.472 e. The molecule has 0 aromatic carbocycles. The number of carboxylic acids is 1. The van der Waals surface area contributed by atoms with E-state index < -0.39 is 45.1 Å². The van der Waals surface area contributed by atoms with Crippen LogP contribution >= 0.6 is 7.82 Å². The molecule has 0 aromatic rings. The van der Waals surface area contributed by atoms with Gasteiger partial charge in [0.25, 0.3) is 0 Å². The molecule has 0 aliphatic rings. The number of rotatable bonds is 47. The summed E-state index contributed by atoms with van der Waals surface area (Å²) in [7, 11) is -4.63. The second-order valence-corrected chi connectivity index (χ2v) is 18.0. The van der Waals surface area contributed by atoms with Gasteiger partial charge in [-0.1, -0.05) is 189 Å². The normalized spacial score (nSPS) is 14.3. The van der Waals surface area contributed by atoms with Gasteiger partial charge < -0.3 is 25.2 Å². The van der Waals surface area contributed by atoms with E-state index in [1.807, 2.05) is 0 Å². The Morgan fingerprint density at radius 2 is 0.921 bits per heavy atom. The molecule has 10 nitrogen and oxygen atoms in total. The summed E-state index contributed by atoms with van der Waals surface area (Å²) in [5.74, 6) is -1.79.